The van der Waals surface area contributed by atoms with E-state index in [2.05, 4.69) is 10.2 Å². The van der Waals surface area contributed by atoms with Crippen molar-refractivity contribution in [3.05, 3.63) is 59.1 Å². The third-order valence-electron chi connectivity index (χ3n) is 4.42. The Hall–Kier alpha value is -2.25. The Bertz CT molecular complexity index is 791. The van der Waals surface area contributed by atoms with Crippen LogP contribution in [0.15, 0.2) is 48.5 Å². The molecule has 1 aliphatic heterocycles. The number of halogens is 4. The summed E-state index contributed by atoms with van der Waals surface area (Å²) in [5.41, 5.74) is -0.102. The van der Waals surface area contributed by atoms with Crippen LogP contribution in [-0.2, 0) is 11.0 Å². The maximum Gasteiger partial charge on any atom is 0.418 e. The lowest BCUT2D eigenvalue weighted by Gasteiger charge is -2.35. The predicted molar refractivity (Wildman–Crippen MR) is 100 cm³/mol. The molecule has 0 spiro atoms. The number of hydrogen-bond acceptors (Lipinski definition) is 3. The molecule has 0 saturated carbocycles. The van der Waals surface area contributed by atoms with Gasteiger partial charge in [0, 0.05) is 36.9 Å². The molecule has 144 valence electrons. The van der Waals surface area contributed by atoms with Gasteiger partial charge in [-0.3, -0.25) is 9.69 Å². The lowest BCUT2D eigenvalue weighted by atomic mass is 10.1. The molecule has 0 aliphatic carbocycles. The van der Waals surface area contributed by atoms with Gasteiger partial charge in [-0.2, -0.15) is 13.2 Å². The first-order chi connectivity index (χ1) is 12.8. The number of piperazine rings is 1. The zero-order valence-electron chi connectivity index (χ0n) is 14.5. The van der Waals surface area contributed by atoms with Crippen molar-refractivity contribution in [2.75, 3.05) is 42.9 Å². The predicted octanol–water partition coefficient (Wildman–Crippen LogP) is 4.12. The minimum Gasteiger partial charge on any atom is -0.369 e. The number of anilines is 2. The van der Waals surface area contributed by atoms with Crippen LogP contribution in [0, 0.1) is 0 Å². The third-order valence-corrected chi connectivity index (χ3v) is 4.66. The fourth-order valence-electron chi connectivity index (χ4n) is 3.06. The summed E-state index contributed by atoms with van der Waals surface area (Å²) in [7, 11) is 0. The van der Waals surface area contributed by atoms with E-state index in [4.69, 9.17) is 11.6 Å². The largest absolute Gasteiger partial charge is 0.418 e. The number of amides is 1. The Balaban J connectivity index is 1.57. The van der Waals surface area contributed by atoms with Gasteiger partial charge in [-0.05, 0) is 30.3 Å². The van der Waals surface area contributed by atoms with Crippen molar-refractivity contribution in [3.63, 3.8) is 0 Å². The number of hydrogen-bond donors (Lipinski definition) is 1. The fraction of sp³-hybridized carbons (Fsp3) is 0.316. The molecule has 0 unspecified atom stereocenters. The van der Waals surface area contributed by atoms with Crippen molar-refractivity contribution in [1.82, 2.24) is 4.90 Å². The number of carbonyl (C=O) groups is 1. The van der Waals surface area contributed by atoms with Crippen molar-refractivity contribution >= 4 is 28.9 Å². The van der Waals surface area contributed by atoms with Gasteiger partial charge in [0.15, 0.2) is 0 Å². The Labute approximate surface area is 160 Å². The summed E-state index contributed by atoms with van der Waals surface area (Å²) in [5, 5.41) is 2.33. The second-order valence-electron chi connectivity index (χ2n) is 6.33. The highest BCUT2D eigenvalue weighted by Gasteiger charge is 2.34. The number of nitrogens with zero attached hydrogens (tertiary/aromatic N) is 2. The summed E-state index contributed by atoms with van der Waals surface area (Å²) >= 11 is 5.65. The van der Waals surface area contributed by atoms with Crippen LogP contribution in [-0.4, -0.2) is 43.5 Å². The summed E-state index contributed by atoms with van der Waals surface area (Å²) in [4.78, 5) is 16.4. The van der Waals surface area contributed by atoms with E-state index in [1.54, 1.807) is 0 Å². The topological polar surface area (TPSA) is 35.6 Å². The standard InChI is InChI=1S/C19H19ClF3N3O/c20-14-6-7-17(16(12-14)19(21,22)23)24-18(27)13-25-8-10-26(11-9-25)15-4-2-1-3-5-15/h1-7,12H,8-11,13H2,(H,24,27). The van der Waals surface area contributed by atoms with E-state index < -0.39 is 17.6 Å². The van der Waals surface area contributed by atoms with E-state index >= 15 is 0 Å². The molecule has 1 saturated heterocycles. The summed E-state index contributed by atoms with van der Waals surface area (Å²) in [6, 6.07) is 13.3. The Kier molecular flexibility index (Phi) is 5.92. The highest BCUT2D eigenvalue weighted by Crippen LogP contribution is 2.36. The molecular weight excluding hydrogens is 379 g/mol. The van der Waals surface area contributed by atoms with Gasteiger partial charge in [0.2, 0.25) is 5.91 Å². The zero-order chi connectivity index (χ0) is 19.4. The number of rotatable bonds is 4. The number of benzene rings is 2. The van der Waals surface area contributed by atoms with Crippen LogP contribution in [0.5, 0.6) is 0 Å². The van der Waals surface area contributed by atoms with E-state index in [-0.39, 0.29) is 17.3 Å². The van der Waals surface area contributed by atoms with E-state index in [0.717, 1.165) is 24.8 Å². The highest BCUT2D eigenvalue weighted by atomic mass is 35.5. The Morgan fingerprint density at radius 3 is 2.33 bits per heavy atom. The molecule has 3 rings (SSSR count). The second-order valence-corrected chi connectivity index (χ2v) is 6.77. The molecule has 1 amide bonds. The number of nitrogens with one attached hydrogen (secondary N) is 1. The van der Waals surface area contributed by atoms with Gasteiger partial charge in [-0.15, -0.1) is 0 Å². The zero-order valence-corrected chi connectivity index (χ0v) is 15.2. The summed E-state index contributed by atoms with van der Waals surface area (Å²) < 4.78 is 39.3. The van der Waals surface area contributed by atoms with Gasteiger partial charge in [-0.1, -0.05) is 29.8 Å². The van der Waals surface area contributed by atoms with Crippen molar-refractivity contribution in [1.29, 1.82) is 0 Å². The fourth-order valence-corrected chi connectivity index (χ4v) is 3.23. The first kappa shape index (κ1) is 19.5. The van der Waals surface area contributed by atoms with Crippen molar-refractivity contribution in [3.8, 4) is 0 Å². The summed E-state index contributed by atoms with van der Waals surface area (Å²) in [6.07, 6.45) is -4.59. The molecule has 1 fully saturated rings. The normalized spacial score (nSPS) is 15.6. The molecule has 1 aliphatic rings. The van der Waals surface area contributed by atoms with Crippen LogP contribution in [0.25, 0.3) is 0 Å². The average molecular weight is 398 g/mol. The number of carbonyl (C=O) groups excluding carboxylic acids is 1. The van der Waals surface area contributed by atoms with E-state index in [1.807, 2.05) is 35.2 Å². The molecule has 4 nitrogen and oxygen atoms in total. The average Bonchev–Trinajstić information content (AvgIpc) is 2.64. The molecule has 8 heteroatoms. The van der Waals surface area contributed by atoms with Gasteiger partial charge in [0.05, 0.1) is 17.8 Å². The Morgan fingerprint density at radius 1 is 1.04 bits per heavy atom. The summed E-state index contributed by atoms with van der Waals surface area (Å²) in [6.45, 7) is 2.88. The summed E-state index contributed by atoms with van der Waals surface area (Å²) in [5.74, 6) is -0.476. The van der Waals surface area contributed by atoms with Gasteiger partial charge in [0.1, 0.15) is 0 Å². The molecule has 1 N–H and O–H groups in total. The number of para-hydroxylation sites is 1. The first-order valence-electron chi connectivity index (χ1n) is 8.52. The smallest absolute Gasteiger partial charge is 0.369 e. The highest BCUT2D eigenvalue weighted by molar-refractivity contribution is 6.30. The monoisotopic (exact) mass is 397 g/mol. The lowest BCUT2D eigenvalue weighted by Crippen LogP contribution is -2.48. The molecule has 27 heavy (non-hydrogen) atoms. The van der Waals surface area contributed by atoms with Crippen molar-refractivity contribution in [2.24, 2.45) is 0 Å². The maximum atomic E-state index is 13.1. The molecule has 1 heterocycles. The van der Waals surface area contributed by atoms with Crippen LogP contribution >= 0.6 is 11.6 Å². The van der Waals surface area contributed by atoms with Gasteiger partial charge >= 0.3 is 6.18 Å². The first-order valence-corrected chi connectivity index (χ1v) is 8.90. The van der Waals surface area contributed by atoms with Crippen LogP contribution < -0.4 is 10.2 Å². The van der Waals surface area contributed by atoms with Crippen LogP contribution in [0.3, 0.4) is 0 Å². The van der Waals surface area contributed by atoms with Gasteiger partial charge < -0.3 is 10.2 Å². The molecule has 0 bridgehead atoms. The van der Waals surface area contributed by atoms with Crippen LogP contribution in [0.4, 0.5) is 24.5 Å². The van der Waals surface area contributed by atoms with E-state index in [0.29, 0.717) is 13.1 Å². The quantitative estimate of drug-likeness (QED) is 0.843. The molecular formula is C19H19ClF3N3O. The van der Waals surface area contributed by atoms with Crippen LogP contribution in [0.2, 0.25) is 5.02 Å². The van der Waals surface area contributed by atoms with E-state index in [9.17, 15) is 18.0 Å². The Morgan fingerprint density at radius 2 is 1.70 bits per heavy atom. The third kappa shape index (κ3) is 5.14. The van der Waals surface area contributed by atoms with Gasteiger partial charge in [-0.25, -0.2) is 0 Å². The lowest BCUT2D eigenvalue weighted by molar-refractivity contribution is -0.137. The maximum absolute atomic E-state index is 13.1. The van der Waals surface area contributed by atoms with Gasteiger partial charge in [0.25, 0.3) is 0 Å². The minimum atomic E-state index is -4.59. The molecule has 0 atom stereocenters. The minimum absolute atomic E-state index is 0.0302. The van der Waals surface area contributed by atoms with Crippen LogP contribution in [0.1, 0.15) is 5.56 Å². The van der Waals surface area contributed by atoms with Crippen molar-refractivity contribution in [2.45, 2.75) is 6.18 Å². The molecule has 2 aromatic carbocycles. The van der Waals surface area contributed by atoms with Crippen molar-refractivity contribution < 1.29 is 18.0 Å². The second kappa shape index (κ2) is 8.19. The molecule has 2 aromatic rings. The SMILES string of the molecule is O=C(CN1CCN(c2ccccc2)CC1)Nc1ccc(Cl)cc1C(F)(F)F. The van der Waals surface area contributed by atoms with E-state index in [1.165, 1.54) is 12.1 Å². The number of alkyl halides is 3. The molecule has 0 aromatic heterocycles. The molecule has 0 radical (unpaired) electrons.